The number of aromatic nitrogens is 1. The van der Waals surface area contributed by atoms with Gasteiger partial charge in [-0.05, 0) is 73.2 Å². The number of fused-ring (bicyclic) bond motifs is 1. The standard InChI is InChI=1S/C34H36ClNO3S/c1-22(33(37)38)23(2)40-32(19-15-25-9-5-6-11-30(25)34(3,4)39)27-10-7-8-24(20-27)12-17-29-18-14-26-13-16-28(35)21-31(26)36-29/h5-14,16-18,20-23,32,39H,15,19H2,1-4H3,(H,37,38)/t22-,23+,32+/m0/s1. The molecule has 3 atom stereocenters. The summed E-state index contributed by atoms with van der Waals surface area (Å²) in [5.41, 5.74) is 5.00. The number of rotatable bonds is 11. The summed E-state index contributed by atoms with van der Waals surface area (Å²) in [6.45, 7) is 7.37. The average molecular weight is 574 g/mol. The molecule has 3 aromatic carbocycles. The van der Waals surface area contributed by atoms with Crippen LogP contribution in [-0.4, -0.2) is 26.4 Å². The molecule has 4 rings (SSSR count). The summed E-state index contributed by atoms with van der Waals surface area (Å²) >= 11 is 7.85. The zero-order chi connectivity index (χ0) is 28.9. The van der Waals surface area contributed by atoms with Gasteiger partial charge in [0.05, 0.1) is 22.7 Å². The fourth-order valence-electron chi connectivity index (χ4n) is 4.76. The topological polar surface area (TPSA) is 70.4 Å². The molecular weight excluding hydrogens is 538 g/mol. The Labute approximate surface area is 246 Å². The number of halogens is 1. The van der Waals surface area contributed by atoms with Crippen molar-refractivity contribution >= 4 is 52.4 Å². The number of hydrogen-bond acceptors (Lipinski definition) is 4. The molecule has 0 aliphatic rings. The van der Waals surface area contributed by atoms with Gasteiger partial charge in [0.15, 0.2) is 0 Å². The first-order valence-electron chi connectivity index (χ1n) is 13.5. The summed E-state index contributed by atoms with van der Waals surface area (Å²) in [5, 5.41) is 22.0. The Bertz CT molecular complexity index is 1510. The van der Waals surface area contributed by atoms with E-state index in [1.165, 1.54) is 0 Å². The van der Waals surface area contributed by atoms with Gasteiger partial charge in [-0.25, -0.2) is 4.98 Å². The first-order chi connectivity index (χ1) is 19.0. The first-order valence-corrected chi connectivity index (χ1v) is 14.9. The molecule has 4 aromatic rings. The number of carbonyl (C=O) groups is 1. The Morgan fingerprint density at radius 2 is 1.75 bits per heavy atom. The Morgan fingerprint density at radius 1 is 1.00 bits per heavy atom. The van der Waals surface area contributed by atoms with E-state index in [9.17, 15) is 15.0 Å². The molecule has 1 heterocycles. The van der Waals surface area contributed by atoms with Gasteiger partial charge in [0.1, 0.15) is 0 Å². The number of aliphatic hydroxyl groups is 1. The summed E-state index contributed by atoms with van der Waals surface area (Å²) in [5.74, 6) is -1.25. The van der Waals surface area contributed by atoms with Crippen molar-refractivity contribution in [1.29, 1.82) is 0 Å². The van der Waals surface area contributed by atoms with E-state index >= 15 is 0 Å². The maximum atomic E-state index is 11.7. The second kappa shape index (κ2) is 13.0. The maximum absolute atomic E-state index is 11.7. The van der Waals surface area contributed by atoms with Gasteiger partial charge in [0.2, 0.25) is 0 Å². The summed E-state index contributed by atoms with van der Waals surface area (Å²) in [7, 11) is 0. The number of aryl methyl sites for hydroxylation is 1. The summed E-state index contributed by atoms with van der Waals surface area (Å²) in [4.78, 5) is 16.4. The van der Waals surface area contributed by atoms with Gasteiger partial charge in [-0.15, -0.1) is 11.8 Å². The largest absolute Gasteiger partial charge is 0.481 e. The van der Waals surface area contributed by atoms with Crippen LogP contribution in [0.2, 0.25) is 5.02 Å². The molecule has 6 heteroatoms. The number of pyridine rings is 1. The zero-order valence-corrected chi connectivity index (χ0v) is 24.9. The van der Waals surface area contributed by atoms with Gasteiger partial charge in [-0.2, -0.15) is 0 Å². The number of hydrogen-bond donors (Lipinski definition) is 2. The number of benzene rings is 3. The van der Waals surface area contributed by atoms with Crippen LogP contribution < -0.4 is 0 Å². The molecule has 0 bridgehead atoms. The predicted molar refractivity (Wildman–Crippen MR) is 169 cm³/mol. The molecule has 0 saturated carbocycles. The molecule has 4 nitrogen and oxygen atoms in total. The third-order valence-corrected chi connectivity index (χ3v) is 9.14. The van der Waals surface area contributed by atoms with Crippen LogP contribution in [-0.2, 0) is 16.8 Å². The highest BCUT2D eigenvalue weighted by Crippen LogP contribution is 2.40. The third-order valence-electron chi connectivity index (χ3n) is 7.23. The summed E-state index contributed by atoms with van der Waals surface area (Å²) < 4.78 is 0. The fraction of sp³-hybridized carbons (Fsp3) is 0.294. The van der Waals surface area contributed by atoms with E-state index in [-0.39, 0.29) is 10.5 Å². The molecule has 208 valence electrons. The molecule has 0 spiro atoms. The van der Waals surface area contributed by atoms with Gasteiger partial charge >= 0.3 is 5.97 Å². The molecule has 0 fully saturated rings. The van der Waals surface area contributed by atoms with Crippen LogP contribution in [0.15, 0.2) is 78.9 Å². The van der Waals surface area contributed by atoms with Crippen molar-refractivity contribution in [2.45, 2.75) is 56.6 Å². The lowest BCUT2D eigenvalue weighted by Crippen LogP contribution is -2.21. The third kappa shape index (κ3) is 7.75. The van der Waals surface area contributed by atoms with Crippen LogP contribution in [0.4, 0.5) is 0 Å². The normalized spacial score (nSPS) is 14.3. The fourth-order valence-corrected chi connectivity index (χ4v) is 6.35. The van der Waals surface area contributed by atoms with Crippen molar-refractivity contribution in [3.05, 3.63) is 112 Å². The lowest BCUT2D eigenvalue weighted by atomic mass is 9.90. The van der Waals surface area contributed by atoms with Crippen LogP contribution in [0.3, 0.4) is 0 Å². The highest BCUT2D eigenvalue weighted by Gasteiger charge is 2.26. The molecule has 0 aliphatic heterocycles. The quantitative estimate of drug-likeness (QED) is 0.187. The van der Waals surface area contributed by atoms with Crippen molar-refractivity contribution in [3.8, 4) is 0 Å². The molecule has 0 aliphatic carbocycles. The Kier molecular flexibility index (Phi) is 9.72. The SMILES string of the molecule is C[C@H](C(=O)O)[C@@H](C)S[C@H](CCc1ccccc1C(C)(C)O)c1cccc(C=Cc2ccc3ccc(Cl)cc3n2)c1. The van der Waals surface area contributed by atoms with Gasteiger partial charge in [0, 0.05) is 20.9 Å². The van der Waals surface area contributed by atoms with Crippen molar-refractivity contribution in [2.75, 3.05) is 0 Å². The Morgan fingerprint density at radius 3 is 2.50 bits per heavy atom. The van der Waals surface area contributed by atoms with Crippen molar-refractivity contribution in [2.24, 2.45) is 5.92 Å². The second-order valence-electron chi connectivity index (χ2n) is 10.8. The lowest BCUT2D eigenvalue weighted by molar-refractivity contribution is -0.140. The highest BCUT2D eigenvalue weighted by molar-refractivity contribution is 8.00. The average Bonchev–Trinajstić information content (AvgIpc) is 2.93. The van der Waals surface area contributed by atoms with Gasteiger partial charge in [0.25, 0.3) is 0 Å². The van der Waals surface area contributed by atoms with Crippen LogP contribution in [0.5, 0.6) is 0 Å². The van der Waals surface area contributed by atoms with E-state index in [1.54, 1.807) is 18.7 Å². The van der Waals surface area contributed by atoms with E-state index in [1.807, 2.05) is 81.4 Å². The molecule has 0 amide bonds. The summed E-state index contributed by atoms with van der Waals surface area (Å²) in [6.07, 6.45) is 5.64. The number of nitrogens with zero attached hydrogens (tertiary/aromatic N) is 1. The Hall–Kier alpha value is -3.12. The first kappa shape index (κ1) is 29.9. The number of carboxylic acids is 1. The zero-order valence-electron chi connectivity index (χ0n) is 23.3. The monoisotopic (exact) mass is 573 g/mol. The molecule has 1 aromatic heterocycles. The van der Waals surface area contributed by atoms with Gasteiger partial charge < -0.3 is 10.2 Å². The molecule has 40 heavy (non-hydrogen) atoms. The predicted octanol–water partition coefficient (Wildman–Crippen LogP) is 8.80. The highest BCUT2D eigenvalue weighted by atomic mass is 35.5. The minimum absolute atomic E-state index is 0.0696. The van der Waals surface area contributed by atoms with E-state index in [2.05, 4.69) is 30.3 Å². The number of thioether (sulfide) groups is 1. The van der Waals surface area contributed by atoms with E-state index in [4.69, 9.17) is 16.6 Å². The molecule has 2 N–H and O–H groups in total. The summed E-state index contributed by atoms with van der Waals surface area (Å²) in [6, 6.07) is 26.1. The molecule has 0 radical (unpaired) electrons. The van der Waals surface area contributed by atoms with Crippen LogP contribution >= 0.6 is 23.4 Å². The Balaban J connectivity index is 1.59. The second-order valence-corrected chi connectivity index (χ2v) is 12.8. The van der Waals surface area contributed by atoms with E-state index in [0.717, 1.165) is 51.7 Å². The van der Waals surface area contributed by atoms with Crippen LogP contribution in [0.25, 0.3) is 23.1 Å². The smallest absolute Gasteiger partial charge is 0.307 e. The number of carboxylic acid groups (broad SMARTS) is 1. The molecule has 0 saturated heterocycles. The van der Waals surface area contributed by atoms with Crippen molar-refractivity contribution in [3.63, 3.8) is 0 Å². The van der Waals surface area contributed by atoms with Gasteiger partial charge in [-0.3, -0.25) is 4.79 Å². The van der Waals surface area contributed by atoms with Crippen molar-refractivity contribution < 1.29 is 15.0 Å². The molecule has 0 unspecified atom stereocenters. The van der Waals surface area contributed by atoms with Crippen LogP contribution in [0, 0.1) is 5.92 Å². The number of aliphatic carboxylic acids is 1. The minimum atomic E-state index is -0.933. The minimum Gasteiger partial charge on any atom is -0.481 e. The maximum Gasteiger partial charge on any atom is 0.307 e. The van der Waals surface area contributed by atoms with Crippen molar-refractivity contribution in [1.82, 2.24) is 4.98 Å². The molecular formula is C34H36ClNO3S. The van der Waals surface area contributed by atoms with Gasteiger partial charge in [-0.1, -0.05) is 92.2 Å². The van der Waals surface area contributed by atoms with E-state index < -0.39 is 17.5 Å². The van der Waals surface area contributed by atoms with E-state index in [0.29, 0.717) is 5.02 Å². The van der Waals surface area contributed by atoms with Crippen LogP contribution in [0.1, 0.15) is 67.3 Å². The lowest BCUT2D eigenvalue weighted by Gasteiger charge is -2.26.